The van der Waals surface area contributed by atoms with Gasteiger partial charge in [-0.05, 0) is 24.5 Å². The lowest BCUT2D eigenvalue weighted by atomic mass is 10.0. The van der Waals surface area contributed by atoms with Crippen LogP contribution in [0.4, 0.5) is 0 Å². The third kappa shape index (κ3) is 3.18. The van der Waals surface area contributed by atoms with Crippen molar-refractivity contribution in [2.45, 2.75) is 32.6 Å². The number of aryl methyl sites for hydroxylation is 1. The van der Waals surface area contributed by atoms with Gasteiger partial charge in [0.2, 0.25) is 0 Å². The zero-order chi connectivity index (χ0) is 14.5. The highest BCUT2D eigenvalue weighted by Gasteiger charge is 2.09. The molecule has 2 aromatic carbocycles. The van der Waals surface area contributed by atoms with Gasteiger partial charge in [-0.1, -0.05) is 68.3 Å². The molecule has 0 N–H and O–H groups in total. The van der Waals surface area contributed by atoms with Gasteiger partial charge in [-0.25, -0.2) is 0 Å². The Labute approximate surface area is 126 Å². The standard InChI is InChI=1S/C20H21O/c1-2-3-4-8-13-18-15-17-12-9-14-19(20(17)21-18)16-10-6-5-7-11-16/h4-7,9-12,14-15H,2-3,8,13H2,1H3. The van der Waals surface area contributed by atoms with Crippen LogP contribution >= 0.6 is 0 Å². The lowest BCUT2D eigenvalue weighted by molar-refractivity contribution is 0.545. The molecule has 21 heavy (non-hydrogen) atoms. The van der Waals surface area contributed by atoms with E-state index in [1.807, 2.05) is 6.07 Å². The van der Waals surface area contributed by atoms with Gasteiger partial charge in [0, 0.05) is 17.4 Å². The largest absolute Gasteiger partial charge is 0.460 e. The molecule has 0 fully saturated rings. The third-order valence-electron chi connectivity index (χ3n) is 3.77. The highest BCUT2D eigenvalue weighted by Crippen LogP contribution is 2.31. The molecular weight excluding hydrogens is 256 g/mol. The molecule has 0 amide bonds. The summed E-state index contributed by atoms with van der Waals surface area (Å²) in [6.45, 7) is 2.21. The molecule has 0 saturated carbocycles. The minimum absolute atomic E-state index is 0.989. The Bertz CT molecular complexity index is 694. The number of para-hydroxylation sites is 1. The number of furan rings is 1. The molecule has 0 atom stereocenters. The van der Waals surface area contributed by atoms with Crippen molar-refractivity contribution in [1.82, 2.24) is 0 Å². The molecule has 0 aliphatic rings. The Morgan fingerprint density at radius 1 is 0.952 bits per heavy atom. The van der Waals surface area contributed by atoms with E-state index in [0.29, 0.717) is 0 Å². The summed E-state index contributed by atoms with van der Waals surface area (Å²) in [5, 5.41) is 1.20. The molecular formula is C20H21O. The molecule has 107 valence electrons. The molecule has 0 bridgehead atoms. The van der Waals surface area contributed by atoms with Gasteiger partial charge in [0.05, 0.1) is 0 Å². The normalized spacial score (nSPS) is 11.1. The number of fused-ring (bicyclic) bond motifs is 1. The van der Waals surface area contributed by atoms with Gasteiger partial charge >= 0.3 is 0 Å². The topological polar surface area (TPSA) is 13.1 Å². The van der Waals surface area contributed by atoms with Crippen LogP contribution in [-0.2, 0) is 6.42 Å². The minimum atomic E-state index is 0.989. The van der Waals surface area contributed by atoms with Crippen LogP contribution in [0, 0.1) is 6.42 Å². The van der Waals surface area contributed by atoms with Crippen LogP contribution in [0.1, 0.15) is 31.9 Å². The van der Waals surface area contributed by atoms with Crippen molar-refractivity contribution in [2.24, 2.45) is 0 Å². The van der Waals surface area contributed by atoms with Crippen molar-refractivity contribution in [2.75, 3.05) is 0 Å². The molecule has 1 heterocycles. The van der Waals surface area contributed by atoms with E-state index < -0.39 is 0 Å². The summed E-state index contributed by atoms with van der Waals surface area (Å²) in [5.41, 5.74) is 3.40. The maximum absolute atomic E-state index is 6.11. The quantitative estimate of drug-likeness (QED) is 0.501. The average Bonchev–Trinajstić information content (AvgIpc) is 2.95. The molecule has 3 rings (SSSR count). The van der Waals surface area contributed by atoms with Crippen LogP contribution in [0.25, 0.3) is 22.1 Å². The van der Waals surface area contributed by atoms with Crippen LogP contribution in [-0.4, -0.2) is 0 Å². The van der Waals surface area contributed by atoms with Gasteiger partial charge < -0.3 is 4.42 Å². The lowest BCUT2D eigenvalue weighted by Gasteiger charge is -2.02. The van der Waals surface area contributed by atoms with Crippen LogP contribution in [0.5, 0.6) is 0 Å². The molecule has 1 heteroatoms. The van der Waals surface area contributed by atoms with Crippen LogP contribution in [0.3, 0.4) is 0 Å². The minimum Gasteiger partial charge on any atom is -0.460 e. The predicted molar refractivity (Wildman–Crippen MR) is 89.2 cm³/mol. The van der Waals surface area contributed by atoms with E-state index in [9.17, 15) is 0 Å². The highest BCUT2D eigenvalue weighted by atomic mass is 16.3. The third-order valence-corrected chi connectivity index (χ3v) is 3.77. The number of benzene rings is 2. The second-order valence-corrected chi connectivity index (χ2v) is 5.42. The van der Waals surface area contributed by atoms with Gasteiger partial charge in [0.1, 0.15) is 11.3 Å². The first-order chi connectivity index (χ1) is 10.4. The summed E-state index contributed by atoms with van der Waals surface area (Å²) in [6.07, 6.45) is 6.84. The van der Waals surface area contributed by atoms with Gasteiger partial charge in [-0.2, -0.15) is 0 Å². The van der Waals surface area contributed by atoms with Crippen molar-refractivity contribution in [3.8, 4) is 11.1 Å². The zero-order valence-electron chi connectivity index (χ0n) is 12.5. The van der Waals surface area contributed by atoms with Crippen molar-refractivity contribution in [3.63, 3.8) is 0 Å². The van der Waals surface area contributed by atoms with E-state index in [1.54, 1.807) is 0 Å². The maximum Gasteiger partial charge on any atom is 0.142 e. The van der Waals surface area contributed by atoms with E-state index >= 15 is 0 Å². The van der Waals surface area contributed by atoms with Crippen LogP contribution in [0.15, 0.2) is 59.0 Å². The second-order valence-electron chi connectivity index (χ2n) is 5.42. The average molecular weight is 277 g/mol. The smallest absolute Gasteiger partial charge is 0.142 e. The second kappa shape index (κ2) is 6.62. The van der Waals surface area contributed by atoms with Gasteiger partial charge in [0.15, 0.2) is 0 Å². The molecule has 0 saturated heterocycles. The number of hydrogen-bond donors (Lipinski definition) is 0. The fraction of sp³-hybridized carbons (Fsp3) is 0.250. The van der Waals surface area contributed by atoms with E-state index in [-0.39, 0.29) is 0 Å². The monoisotopic (exact) mass is 277 g/mol. The fourth-order valence-corrected chi connectivity index (χ4v) is 2.68. The van der Waals surface area contributed by atoms with E-state index in [4.69, 9.17) is 4.42 Å². The number of unbranched alkanes of at least 4 members (excludes halogenated alkanes) is 3. The first-order valence-electron chi connectivity index (χ1n) is 7.77. The molecule has 0 unspecified atom stereocenters. The van der Waals surface area contributed by atoms with Crippen molar-refractivity contribution in [3.05, 3.63) is 66.8 Å². The number of rotatable bonds is 6. The Morgan fingerprint density at radius 2 is 1.81 bits per heavy atom. The van der Waals surface area contributed by atoms with Crippen LogP contribution < -0.4 is 0 Å². The molecule has 0 aliphatic carbocycles. The summed E-state index contributed by atoms with van der Waals surface area (Å²) in [7, 11) is 0. The van der Waals surface area contributed by atoms with Crippen molar-refractivity contribution >= 4 is 11.0 Å². The summed E-state index contributed by atoms with van der Waals surface area (Å²) >= 11 is 0. The summed E-state index contributed by atoms with van der Waals surface area (Å²) < 4.78 is 6.11. The maximum atomic E-state index is 6.11. The molecule has 1 aromatic heterocycles. The Kier molecular flexibility index (Phi) is 4.40. The first kappa shape index (κ1) is 13.9. The predicted octanol–water partition coefficient (Wildman–Crippen LogP) is 6.04. The number of hydrogen-bond acceptors (Lipinski definition) is 1. The van der Waals surface area contributed by atoms with Gasteiger partial charge in [-0.3, -0.25) is 0 Å². The van der Waals surface area contributed by atoms with E-state index in [0.717, 1.165) is 24.2 Å². The molecule has 1 radical (unpaired) electrons. The highest BCUT2D eigenvalue weighted by molar-refractivity contribution is 5.92. The van der Waals surface area contributed by atoms with Crippen molar-refractivity contribution in [1.29, 1.82) is 0 Å². The summed E-state index contributed by atoms with van der Waals surface area (Å²) in [6, 6.07) is 19.0. The Hall–Kier alpha value is -2.02. The fourth-order valence-electron chi connectivity index (χ4n) is 2.68. The molecule has 0 aliphatic heterocycles. The van der Waals surface area contributed by atoms with E-state index in [1.165, 1.54) is 29.4 Å². The Balaban J connectivity index is 1.87. The van der Waals surface area contributed by atoms with Gasteiger partial charge in [-0.15, -0.1) is 0 Å². The van der Waals surface area contributed by atoms with Crippen molar-refractivity contribution < 1.29 is 4.42 Å². The first-order valence-corrected chi connectivity index (χ1v) is 7.77. The summed E-state index contributed by atoms with van der Waals surface area (Å²) in [4.78, 5) is 0. The lowest BCUT2D eigenvalue weighted by Crippen LogP contribution is -1.82. The molecule has 3 aromatic rings. The zero-order valence-corrected chi connectivity index (χ0v) is 12.5. The SMILES string of the molecule is CCC[CH]CCc1cc2cccc(-c3ccccc3)c2o1. The molecule has 1 nitrogen and oxygen atoms in total. The van der Waals surface area contributed by atoms with Gasteiger partial charge in [0.25, 0.3) is 0 Å². The molecule has 0 spiro atoms. The summed E-state index contributed by atoms with van der Waals surface area (Å²) in [5.74, 6) is 1.08. The van der Waals surface area contributed by atoms with Crippen LogP contribution in [0.2, 0.25) is 0 Å². The Morgan fingerprint density at radius 3 is 2.62 bits per heavy atom. The van der Waals surface area contributed by atoms with E-state index in [2.05, 4.69) is 61.9 Å².